The molecule has 0 aliphatic heterocycles. The number of hydrogen-bond donors (Lipinski definition) is 2. The molecule has 1 amide bonds. The molecule has 2 N–H and O–H groups in total. The number of carboxylic acids is 1. The summed E-state index contributed by atoms with van der Waals surface area (Å²) in [4.78, 5) is 24.6. The number of ether oxygens (including phenoxy) is 2. The summed E-state index contributed by atoms with van der Waals surface area (Å²) in [5.41, 5.74) is 5.05. The molecule has 0 saturated heterocycles. The Kier molecular flexibility index (Phi) is 5.25. The average Bonchev–Trinajstić information content (AvgIpc) is 3.40. The zero-order valence-corrected chi connectivity index (χ0v) is 18.5. The van der Waals surface area contributed by atoms with Crippen molar-refractivity contribution in [2.45, 2.75) is 6.42 Å². The highest BCUT2D eigenvalue weighted by molar-refractivity contribution is 6.06. The number of nitrogens with zero attached hydrogens (tertiary/aromatic N) is 2. The lowest BCUT2D eigenvalue weighted by Gasteiger charge is -2.12. The molecule has 0 radical (unpaired) electrons. The first-order valence-electron chi connectivity index (χ1n) is 10.6. The molecule has 0 bridgehead atoms. The molecule has 8 heteroatoms. The Labute approximate surface area is 195 Å². The third kappa shape index (κ3) is 3.55. The molecule has 34 heavy (non-hydrogen) atoms. The molecular weight excluding hydrogens is 434 g/mol. The fourth-order valence-corrected chi connectivity index (χ4v) is 4.23. The summed E-state index contributed by atoms with van der Waals surface area (Å²) in [5.74, 6) is -0.280. The van der Waals surface area contributed by atoms with Crippen molar-refractivity contribution in [2.75, 3.05) is 19.5 Å². The number of carboxylic acid groups (broad SMARTS) is 1. The minimum absolute atomic E-state index is 0.0874. The van der Waals surface area contributed by atoms with Crippen molar-refractivity contribution in [3.05, 3.63) is 89.1 Å². The summed E-state index contributed by atoms with van der Waals surface area (Å²) in [7, 11) is 3.17. The van der Waals surface area contributed by atoms with Gasteiger partial charge in [-0.2, -0.15) is 5.10 Å². The van der Waals surface area contributed by atoms with Gasteiger partial charge >= 0.3 is 5.97 Å². The summed E-state index contributed by atoms with van der Waals surface area (Å²) >= 11 is 0. The number of aromatic nitrogens is 2. The summed E-state index contributed by atoms with van der Waals surface area (Å²) < 4.78 is 12.7. The number of para-hydroxylation sites is 1. The van der Waals surface area contributed by atoms with Gasteiger partial charge in [0.25, 0.3) is 5.91 Å². The fraction of sp³-hybridized carbons (Fsp3) is 0.115. The van der Waals surface area contributed by atoms with Crippen LogP contribution in [0.15, 0.2) is 66.7 Å². The van der Waals surface area contributed by atoms with E-state index in [0.29, 0.717) is 23.6 Å². The molecule has 170 valence electrons. The van der Waals surface area contributed by atoms with Gasteiger partial charge in [0.05, 0.1) is 31.2 Å². The van der Waals surface area contributed by atoms with Crippen LogP contribution in [0.4, 0.5) is 5.69 Å². The number of methoxy groups -OCH3 is 2. The summed E-state index contributed by atoms with van der Waals surface area (Å²) in [5, 5.41) is 16.7. The Balaban J connectivity index is 1.62. The predicted octanol–water partition coefficient (Wildman–Crippen LogP) is 4.41. The van der Waals surface area contributed by atoms with Crippen LogP contribution in [-0.4, -0.2) is 41.0 Å². The van der Waals surface area contributed by atoms with E-state index in [4.69, 9.17) is 9.47 Å². The minimum atomic E-state index is -1.07. The van der Waals surface area contributed by atoms with E-state index in [1.54, 1.807) is 31.0 Å². The quantitative estimate of drug-likeness (QED) is 0.393. The normalized spacial score (nSPS) is 11.5. The van der Waals surface area contributed by atoms with Gasteiger partial charge in [-0.3, -0.25) is 4.79 Å². The molecule has 8 nitrogen and oxygen atoms in total. The molecule has 0 unspecified atom stereocenters. The number of hydrogen-bond acceptors (Lipinski definition) is 5. The Morgan fingerprint density at radius 3 is 2.41 bits per heavy atom. The van der Waals surface area contributed by atoms with Crippen molar-refractivity contribution in [3.8, 4) is 28.4 Å². The second kappa shape index (κ2) is 8.40. The summed E-state index contributed by atoms with van der Waals surface area (Å²) in [6, 6.07) is 19.5. The first-order valence-corrected chi connectivity index (χ1v) is 10.6. The zero-order valence-electron chi connectivity index (χ0n) is 18.5. The molecule has 1 aliphatic carbocycles. The summed E-state index contributed by atoms with van der Waals surface area (Å²) in [6.45, 7) is 0. The maximum atomic E-state index is 13.3. The van der Waals surface area contributed by atoms with E-state index in [-0.39, 0.29) is 11.3 Å². The van der Waals surface area contributed by atoms with Crippen molar-refractivity contribution in [1.82, 2.24) is 9.78 Å². The second-order valence-corrected chi connectivity index (χ2v) is 7.80. The molecule has 1 heterocycles. The lowest BCUT2D eigenvalue weighted by atomic mass is 10.1. The van der Waals surface area contributed by atoms with E-state index >= 15 is 0 Å². The third-order valence-corrected chi connectivity index (χ3v) is 5.80. The molecule has 4 aromatic rings. The Hall–Kier alpha value is -4.59. The molecule has 0 saturated carbocycles. The van der Waals surface area contributed by atoms with Gasteiger partial charge < -0.3 is 19.9 Å². The van der Waals surface area contributed by atoms with Crippen LogP contribution < -0.4 is 14.8 Å². The van der Waals surface area contributed by atoms with E-state index in [2.05, 4.69) is 10.4 Å². The van der Waals surface area contributed by atoms with Gasteiger partial charge in [0.1, 0.15) is 0 Å². The average molecular weight is 455 g/mol. The third-order valence-electron chi connectivity index (χ3n) is 5.80. The van der Waals surface area contributed by atoms with E-state index in [1.807, 2.05) is 42.5 Å². The van der Waals surface area contributed by atoms with Crippen LogP contribution in [0.5, 0.6) is 11.5 Å². The molecule has 1 aliphatic rings. The SMILES string of the molecule is COc1cc2c(cc1OC)-c1c(c(C(=O)Nc3cccc(C(=O)O)c3)nn1-c1ccccc1)C2. The van der Waals surface area contributed by atoms with Gasteiger partial charge in [-0.1, -0.05) is 24.3 Å². The first-order chi connectivity index (χ1) is 16.5. The van der Waals surface area contributed by atoms with Crippen LogP contribution in [0.1, 0.15) is 32.0 Å². The maximum Gasteiger partial charge on any atom is 0.335 e. The van der Waals surface area contributed by atoms with E-state index in [1.165, 1.54) is 12.1 Å². The van der Waals surface area contributed by atoms with Crippen molar-refractivity contribution < 1.29 is 24.2 Å². The van der Waals surface area contributed by atoms with Crippen LogP contribution in [0.3, 0.4) is 0 Å². The molecular formula is C26H21N3O5. The molecule has 0 fully saturated rings. The Morgan fingerprint density at radius 1 is 0.971 bits per heavy atom. The number of fused-ring (bicyclic) bond motifs is 3. The number of amides is 1. The number of nitrogens with one attached hydrogen (secondary N) is 1. The highest BCUT2D eigenvalue weighted by Crippen LogP contribution is 2.44. The second-order valence-electron chi connectivity index (χ2n) is 7.80. The smallest absolute Gasteiger partial charge is 0.335 e. The van der Waals surface area contributed by atoms with Crippen LogP contribution in [0.2, 0.25) is 0 Å². The molecule has 0 atom stereocenters. The lowest BCUT2D eigenvalue weighted by molar-refractivity contribution is 0.0696. The Morgan fingerprint density at radius 2 is 1.71 bits per heavy atom. The molecule has 0 spiro atoms. The van der Waals surface area contributed by atoms with Crippen molar-refractivity contribution in [1.29, 1.82) is 0 Å². The number of benzene rings is 3. The van der Waals surface area contributed by atoms with Crippen LogP contribution in [0, 0.1) is 0 Å². The van der Waals surface area contributed by atoms with E-state index in [0.717, 1.165) is 28.1 Å². The van der Waals surface area contributed by atoms with Gasteiger partial charge in [0, 0.05) is 23.2 Å². The molecule has 1 aromatic heterocycles. The van der Waals surface area contributed by atoms with Gasteiger partial charge in [0.2, 0.25) is 0 Å². The predicted molar refractivity (Wildman–Crippen MR) is 126 cm³/mol. The van der Waals surface area contributed by atoms with Gasteiger partial charge in [-0.25, -0.2) is 9.48 Å². The standard InChI is InChI=1S/C26H21N3O5/c1-33-21-13-16-12-20-23(25(30)27-17-8-6-7-15(11-17)26(31)32)28-29(18-9-4-3-5-10-18)24(20)19(16)14-22(21)34-2/h3-11,13-14H,12H2,1-2H3,(H,27,30)(H,31,32). The number of carbonyl (C=O) groups excluding carboxylic acids is 1. The zero-order chi connectivity index (χ0) is 23.8. The van der Waals surface area contributed by atoms with E-state index in [9.17, 15) is 14.7 Å². The van der Waals surface area contributed by atoms with Gasteiger partial charge in [-0.05, 0) is 48.0 Å². The van der Waals surface area contributed by atoms with Crippen molar-refractivity contribution in [2.24, 2.45) is 0 Å². The lowest BCUT2D eigenvalue weighted by Crippen LogP contribution is -2.15. The van der Waals surface area contributed by atoms with Crippen LogP contribution >= 0.6 is 0 Å². The number of anilines is 1. The topological polar surface area (TPSA) is 103 Å². The van der Waals surface area contributed by atoms with Crippen LogP contribution in [0.25, 0.3) is 16.9 Å². The van der Waals surface area contributed by atoms with Crippen molar-refractivity contribution in [3.63, 3.8) is 0 Å². The largest absolute Gasteiger partial charge is 0.493 e. The van der Waals surface area contributed by atoms with Crippen molar-refractivity contribution >= 4 is 17.6 Å². The molecule has 5 rings (SSSR count). The Bertz CT molecular complexity index is 1430. The fourth-order valence-electron chi connectivity index (χ4n) is 4.23. The van der Waals surface area contributed by atoms with Gasteiger partial charge in [-0.15, -0.1) is 0 Å². The summed E-state index contributed by atoms with van der Waals surface area (Å²) in [6.07, 6.45) is 0.496. The minimum Gasteiger partial charge on any atom is -0.493 e. The number of carbonyl (C=O) groups is 2. The maximum absolute atomic E-state index is 13.3. The number of aromatic carboxylic acids is 1. The van der Waals surface area contributed by atoms with Crippen LogP contribution in [-0.2, 0) is 6.42 Å². The first kappa shape index (κ1) is 21.3. The monoisotopic (exact) mass is 455 g/mol. The van der Waals surface area contributed by atoms with Gasteiger partial charge in [0.15, 0.2) is 17.2 Å². The highest BCUT2D eigenvalue weighted by Gasteiger charge is 2.32. The number of rotatable bonds is 6. The highest BCUT2D eigenvalue weighted by atomic mass is 16.5. The van der Waals surface area contributed by atoms with E-state index < -0.39 is 11.9 Å². The molecule has 3 aromatic carbocycles.